The maximum atomic E-state index is 12.6. The monoisotopic (exact) mass is 304 g/mol. The van der Waals surface area contributed by atoms with Crippen molar-refractivity contribution in [3.05, 3.63) is 0 Å². The van der Waals surface area contributed by atoms with Crippen LogP contribution in [0, 0.1) is 5.92 Å². The molecule has 1 heterocycles. The third-order valence-corrected chi connectivity index (χ3v) is 4.05. The van der Waals surface area contributed by atoms with Gasteiger partial charge in [-0.1, -0.05) is 26.7 Å². The maximum absolute atomic E-state index is 12.6. The van der Waals surface area contributed by atoms with E-state index in [0.717, 1.165) is 26.2 Å². The number of halogens is 1. The average Bonchev–Trinajstić information content (AvgIpc) is 2.90. The van der Waals surface area contributed by atoms with Crippen molar-refractivity contribution >= 4 is 18.3 Å². The molecule has 118 valence electrons. The Morgan fingerprint density at radius 1 is 1.35 bits per heavy atom. The molecule has 0 bridgehead atoms. The van der Waals surface area contributed by atoms with Crippen LogP contribution in [0.15, 0.2) is 0 Å². The van der Waals surface area contributed by atoms with Crippen LogP contribution in [0.1, 0.15) is 46.0 Å². The largest absolute Gasteiger partial charge is 0.375 e. The van der Waals surface area contributed by atoms with Gasteiger partial charge in [0.1, 0.15) is 0 Å². The molecule has 2 fully saturated rings. The summed E-state index contributed by atoms with van der Waals surface area (Å²) in [5.74, 6) is 0.823. The quantitative estimate of drug-likeness (QED) is 0.847. The van der Waals surface area contributed by atoms with Crippen molar-refractivity contribution in [2.45, 2.75) is 58.1 Å². The lowest BCUT2D eigenvalue weighted by atomic mass is 10.1. The van der Waals surface area contributed by atoms with Crippen LogP contribution < -0.4 is 5.32 Å². The normalized spacial score (nSPS) is 23.6. The fraction of sp³-hybridized carbons (Fsp3) is 0.933. The molecule has 20 heavy (non-hydrogen) atoms. The number of rotatable bonds is 5. The van der Waals surface area contributed by atoms with E-state index in [9.17, 15) is 4.79 Å². The second-order valence-electron chi connectivity index (χ2n) is 6.28. The summed E-state index contributed by atoms with van der Waals surface area (Å²) in [7, 11) is 0. The molecular weight excluding hydrogens is 276 g/mol. The third-order valence-electron chi connectivity index (χ3n) is 4.05. The molecule has 1 aliphatic heterocycles. The van der Waals surface area contributed by atoms with Crippen LogP contribution in [0.4, 0.5) is 0 Å². The van der Waals surface area contributed by atoms with E-state index in [0.29, 0.717) is 18.4 Å². The summed E-state index contributed by atoms with van der Waals surface area (Å²) in [4.78, 5) is 14.7. The number of amides is 1. The summed E-state index contributed by atoms with van der Waals surface area (Å²) in [5, 5.41) is 3.29. The second-order valence-corrected chi connectivity index (χ2v) is 6.28. The molecule has 1 saturated carbocycles. The number of nitrogens with one attached hydrogen (secondary N) is 1. The minimum atomic E-state index is 0. The van der Waals surface area contributed by atoms with E-state index in [4.69, 9.17) is 4.74 Å². The van der Waals surface area contributed by atoms with Crippen LogP contribution in [-0.2, 0) is 9.53 Å². The molecule has 1 aliphatic carbocycles. The molecule has 0 aromatic carbocycles. The lowest BCUT2D eigenvalue weighted by Gasteiger charge is -2.33. The van der Waals surface area contributed by atoms with Gasteiger partial charge in [-0.3, -0.25) is 4.79 Å². The molecule has 0 radical (unpaired) electrons. The van der Waals surface area contributed by atoms with Crippen molar-refractivity contribution in [1.82, 2.24) is 10.2 Å². The Morgan fingerprint density at radius 3 is 2.60 bits per heavy atom. The number of hydrogen-bond donors (Lipinski definition) is 1. The summed E-state index contributed by atoms with van der Waals surface area (Å²) in [6.45, 7) is 7.71. The Bertz CT molecular complexity index is 288. The zero-order valence-electron chi connectivity index (χ0n) is 12.8. The Hall–Kier alpha value is -0.320. The van der Waals surface area contributed by atoms with Crippen LogP contribution in [-0.4, -0.2) is 49.2 Å². The van der Waals surface area contributed by atoms with Gasteiger partial charge in [-0.05, 0) is 18.8 Å². The molecule has 2 rings (SSSR count). The van der Waals surface area contributed by atoms with Gasteiger partial charge in [-0.2, -0.15) is 0 Å². The molecule has 0 spiro atoms. The number of ether oxygens (including phenoxy) is 1. The fourth-order valence-corrected chi connectivity index (χ4v) is 3.13. The molecule has 1 saturated heterocycles. The zero-order valence-corrected chi connectivity index (χ0v) is 13.6. The first-order chi connectivity index (χ1) is 9.16. The summed E-state index contributed by atoms with van der Waals surface area (Å²) in [6.07, 6.45) is 5.51. The Morgan fingerprint density at radius 2 is 2.05 bits per heavy atom. The first-order valence-electron chi connectivity index (χ1n) is 7.78. The van der Waals surface area contributed by atoms with Crippen LogP contribution in [0.25, 0.3) is 0 Å². The Kier molecular flexibility index (Phi) is 7.85. The van der Waals surface area contributed by atoms with Crippen molar-refractivity contribution < 1.29 is 9.53 Å². The van der Waals surface area contributed by atoms with Crippen molar-refractivity contribution in [3.63, 3.8) is 0 Å². The second kappa shape index (κ2) is 8.85. The highest BCUT2D eigenvalue weighted by Gasteiger charge is 2.29. The zero-order chi connectivity index (χ0) is 13.7. The SMILES string of the molecule is CC(C)CN(C(=O)CC1CNCCO1)C1CCCC1.Cl. The number of hydrogen-bond acceptors (Lipinski definition) is 3. The summed E-state index contributed by atoms with van der Waals surface area (Å²) >= 11 is 0. The van der Waals surface area contributed by atoms with Crippen molar-refractivity contribution in [1.29, 1.82) is 0 Å². The van der Waals surface area contributed by atoms with Crippen molar-refractivity contribution in [3.8, 4) is 0 Å². The van der Waals surface area contributed by atoms with Gasteiger partial charge in [-0.25, -0.2) is 0 Å². The highest BCUT2D eigenvalue weighted by atomic mass is 35.5. The van der Waals surface area contributed by atoms with E-state index in [-0.39, 0.29) is 24.4 Å². The topological polar surface area (TPSA) is 41.6 Å². The fourth-order valence-electron chi connectivity index (χ4n) is 3.13. The molecule has 5 heteroatoms. The highest BCUT2D eigenvalue weighted by Crippen LogP contribution is 2.25. The van der Waals surface area contributed by atoms with Gasteiger partial charge in [0.2, 0.25) is 5.91 Å². The lowest BCUT2D eigenvalue weighted by molar-refractivity contribution is -0.137. The highest BCUT2D eigenvalue weighted by molar-refractivity contribution is 5.85. The third kappa shape index (κ3) is 5.23. The van der Waals surface area contributed by atoms with Gasteiger partial charge in [0, 0.05) is 25.7 Å². The molecule has 1 N–H and O–H groups in total. The van der Waals surface area contributed by atoms with E-state index in [1.165, 1.54) is 25.7 Å². The molecule has 1 amide bonds. The predicted molar refractivity (Wildman–Crippen MR) is 83.3 cm³/mol. The minimum Gasteiger partial charge on any atom is -0.375 e. The molecule has 0 aromatic rings. The number of morpholine rings is 1. The van der Waals surface area contributed by atoms with Gasteiger partial charge in [-0.15, -0.1) is 12.4 Å². The van der Waals surface area contributed by atoms with Crippen LogP contribution >= 0.6 is 12.4 Å². The minimum absolute atomic E-state index is 0. The summed E-state index contributed by atoms with van der Waals surface area (Å²) in [5.41, 5.74) is 0. The molecule has 4 nitrogen and oxygen atoms in total. The van der Waals surface area contributed by atoms with Gasteiger partial charge in [0.15, 0.2) is 0 Å². The van der Waals surface area contributed by atoms with Crippen LogP contribution in [0.5, 0.6) is 0 Å². The van der Waals surface area contributed by atoms with Gasteiger partial charge in [0.25, 0.3) is 0 Å². The molecule has 0 aromatic heterocycles. The van der Waals surface area contributed by atoms with Gasteiger partial charge < -0.3 is 15.0 Å². The van der Waals surface area contributed by atoms with Crippen LogP contribution in [0.2, 0.25) is 0 Å². The van der Waals surface area contributed by atoms with E-state index in [1.54, 1.807) is 0 Å². The Balaban J connectivity index is 0.00000200. The van der Waals surface area contributed by atoms with E-state index in [1.807, 2.05) is 0 Å². The number of nitrogens with zero attached hydrogens (tertiary/aromatic N) is 1. The van der Waals surface area contributed by atoms with E-state index >= 15 is 0 Å². The summed E-state index contributed by atoms with van der Waals surface area (Å²) in [6, 6.07) is 0.478. The Labute approximate surface area is 129 Å². The van der Waals surface area contributed by atoms with Crippen molar-refractivity contribution in [2.75, 3.05) is 26.2 Å². The van der Waals surface area contributed by atoms with E-state index in [2.05, 4.69) is 24.1 Å². The standard InChI is InChI=1S/C15H28N2O2.ClH/c1-12(2)11-17(13-5-3-4-6-13)15(18)9-14-10-16-7-8-19-14;/h12-14,16H,3-11H2,1-2H3;1H. The summed E-state index contributed by atoms with van der Waals surface area (Å²) < 4.78 is 5.66. The molecule has 1 unspecified atom stereocenters. The molecule has 1 atom stereocenters. The lowest BCUT2D eigenvalue weighted by Crippen LogP contribution is -2.46. The number of carbonyl (C=O) groups is 1. The first-order valence-corrected chi connectivity index (χ1v) is 7.78. The smallest absolute Gasteiger partial charge is 0.225 e. The molecular formula is C15H29ClN2O2. The van der Waals surface area contributed by atoms with Gasteiger partial charge >= 0.3 is 0 Å². The predicted octanol–water partition coefficient (Wildman–Crippen LogP) is 2.21. The maximum Gasteiger partial charge on any atom is 0.225 e. The first kappa shape index (κ1) is 17.7. The van der Waals surface area contributed by atoms with Gasteiger partial charge in [0.05, 0.1) is 19.1 Å². The van der Waals surface area contributed by atoms with E-state index < -0.39 is 0 Å². The number of carbonyl (C=O) groups excluding carboxylic acids is 1. The van der Waals surface area contributed by atoms with Crippen molar-refractivity contribution in [2.24, 2.45) is 5.92 Å². The average molecular weight is 305 g/mol. The van der Waals surface area contributed by atoms with Crippen LogP contribution in [0.3, 0.4) is 0 Å². The molecule has 2 aliphatic rings.